The van der Waals surface area contributed by atoms with Crippen molar-refractivity contribution in [2.75, 3.05) is 26.5 Å². The van der Waals surface area contributed by atoms with Gasteiger partial charge in [0.05, 0.1) is 24.7 Å². The first-order valence-electron chi connectivity index (χ1n) is 5.16. The highest BCUT2D eigenvalue weighted by atomic mass is 32.2. The molecule has 0 aliphatic rings. The molecule has 6 heteroatoms. The first kappa shape index (κ1) is 14.1. The summed E-state index contributed by atoms with van der Waals surface area (Å²) in [5, 5.41) is 0. The van der Waals surface area contributed by atoms with Crippen molar-refractivity contribution in [3.8, 4) is 0 Å². The van der Waals surface area contributed by atoms with Crippen molar-refractivity contribution >= 4 is 10.1 Å². The number of halogens is 1. The van der Waals surface area contributed by atoms with Crippen molar-refractivity contribution in [2.24, 2.45) is 0 Å². The number of hydrogen-bond acceptors (Lipinski definition) is 4. The molecule has 1 rings (SSSR count). The third kappa shape index (κ3) is 4.80. The second-order valence-corrected chi connectivity index (χ2v) is 5.01. The van der Waals surface area contributed by atoms with Crippen LogP contribution in [0, 0.1) is 6.92 Å². The van der Waals surface area contributed by atoms with Crippen LogP contribution in [0.25, 0.3) is 0 Å². The molecule has 1 aromatic rings. The van der Waals surface area contributed by atoms with Crippen molar-refractivity contribution in [3.63, 3.8) is 0 Å². The summed E-state index contributed by atoms with van der Waals surface area (Å²) in [5.41, 5.74) is 0.968. The molecule has 0 saturated heterocycles. The molecule has 0 bridgehead atoms. The van der Waals surface area contributed by atoms with E-state index in [2.05, 4.69) is 0 Å². The van der Waals surface area contributed by atoms with Crippen LogP contribution in [0.15, 0.2) is 29.2 Å². The van der Waals surface area contributed by atoms with Crippen molar-refractivity contribution < 1.29 is 21.7 Å². The fourth-order valence-electron chi connectivity index (χ4n) is 1.13. The fraction of sp³-hybridized carbons (Fsp3) is 0.455. The molecule has 1 aromatic carbocycles. The van der Waals surface area contributed by atoms with Gasteiger partial charge in [-0.3, -0.25) is 4.18 Å². The van der Waals surface area contributed by atoms with E-state index >= 15 is 0 Å². The molecule has 17 heavy (non-hydrogen) atoms. The Hall–Kier alpha value is -0.980. The molecule has 0 saturated carbocycles. The van der Waals surface area contributed by atoms with E-state index in [1.54, 1.807) is 12.1 Å². The van der Waals surface area contributed by atoms with E-state index in [0.29, 0.717) is 0 Å². The third-order valence-corrected chi connectivity index (χ3v) is 3.32. The van der Waals surface area contributed by atoms with Crippen LogP contribution in [-0.4, -0.2) is 34.9 Å². The molecule has 0 aromatic heterocycles. The summed E-state index contributed by atoms with van der Waals surface area (Å²) in [4.78, 5) is 0.105. The van der Waals surface area contributed by atoms with Crippen LogP contribution in [-0.2, 0) is 19.0 Å². The molecule has 0 amide bonds. The highest BCUT2D eigenvalue weighted by Crippen LogP contribution is 2.12. The van der Waals surface area contributed by atoms with Gasteiger partial charge >= 0.3 is 0 Å². The van der Waals surface area contributed by atoms with Gasteiger partial charge in [0.15, 0.2) is 0 Å². The number of benzene rings is 1. The average Bonchev–Trinajstić information content (AvgIpc) is 2.29. The second-order valence-electron chi connectivity index (χ2n) is 3.39. The quantitative estimate of drug-likeness (QED) is 0.553. The van der Waals surface area contributed by atoms with Gasteiger partial charge in [-0.1, -0.05) is 17.7 Å². The Bertz CT molecular complexity index is 427. The zero-order valence-corrected chi connectivity index (χ0v) is 10.4. The Labute approximate surface area is 100 Å². The molecule has 0 heterocycles. The van der Waals surface area contributed by atoms with Gasteiger partial charge in [0.2, 0.25) is 0 Å². The summed E-state index contributed by atoms with van der Waals surface area (Å²) in [6.45, 7) is 1.16. The maximum Gasteiger partial charge on any atom is 0.297 e. The van der Waals surface area contributed by atoms with Crippen molar-refractivity contribution in [2.45, 2.75) is 11.8 Å². The van der Waals surface area contributed by atoms with Crippen LogP contribution < -0.4 is 0 Å². The Morgan fingerprint density at radius 1 is 1.12 bits per heavy atom. The minimum absolute atomic E-state index is 0.0477. The van der Waals surface area contributed by atoms with Gasteiger partial charge in [-0.2, -0.15) is 8.42 Å². The van der Waals surface area contributed by atoms with Gasteiger partial charge in [-0.15, -0.1) is 0 Å². The van der Waals surface area contributed by atoms with E-state index in [-0.39, 0.29) is 24.7 Å². The lowest BCUT2D eigenvalue weighted by atomic mass is 10.2. The van der Waals surface area contributed by atoms with Crippen LogP contribution in [0.2, 0.25) is 0 Å². The number of ether oxygens (including phenoxy) is 1. The lowest BCUT2D eigenvalue weighted by Crippen LogP contribution is -2.12. The van der Waals surface area contributed by atoms with E-state index in [4.69, 9.17) is 8.92 Å². The number of alkyl halides is 1. The highest BCUT2D eigenvalue weighted by Gasteiger charge is 2.14. The Morgan fingerprint density at radius 2 is 1.76 bits per heavy atom. The van der Waals surface area contributed by atoms with Crippen LogP contribution in [0.3, 0.4) is 0 Å². The predicted molar refractivity (Wildman–Crippen MR) is 61.1 cm³/mol. The van der Waals surface area contributed by atoms with Gasteiger partial charge < -0.3 is 4.74 Å². The maximum atomic E-state index is 11.7. The topological polar surface area (TPSA) is 52.6 Å². The van der Waals surface area contributed by atoms with Gasteiger partial charge in [-0.05, 0) is 19.1 Å². The smallest absolute Gasteiger partial charge is 0.297 e. The zero-order valence-electron chi connectivity index (χ0n) is 9.56. The van der Waals surface area contributed by atoms with Crippen LogP contribution in [0.5, 0.6) is 0 Å². The van der Waals surface area contributed by atoms with E-state index in [1.165, 1.54) is 12.1 Å². The molecular weight excluding hydrogens is 246 g/mol. The molecule has 96 valence electrons. The SMILES string of the molecule is Cc1ccc(S(=O)(=O)OCCOCC[18F])cc1. The monoisotopic (exact) mass is 261 g/mol. The highest BCUT2D eigenvalue weighted by molar-refractivity contribution is 7.86. The first-order chi connectivity index (χ1) is 8.06. The number of hydrogen-bond donors (Lipinski definition) is 0. The molecule has 0 fully saturated rings. The van der Waals surface area contributed by atoms with E-state index < -0.39 is 16.8 Å². The molecule has 0 radical (unpaired) electrons. The summed E-state index contributed by atoms with van der Waals surface area (Å²) < 4.78 is 44.4. The normalized spacial score (nSPS) is 11.6. The van der Waals surface area contributed by atoms with Crippen molar-refractivity contribution in [1.29, 1.82) is 0 Å². The molecular formula is C11H15FO4S. The molecule has 0 atom stereocenters. The maximum absolute atomic E-state index is 11.7. The molecule has 0 aliphatic carbocycles. The van der Waals surface area contributed by atoms with Crippen molar-refractivity contribution in [3.05, 3.63) is 29.8 Å². The van der Waals surface area contributed by atoms with Crippen LogP contribution in [0.1, 0.15) is 5.56 Å². The first-order valence-corrected chi connectivity index (χ1v) is 6.57. The zero-order chi connectivity index (χ0) is 12.7. The lowest BCUT2D eigenvalue weighted by Gasteiger charge is -2.06. The molecule has 0 unspecified atom stereocenters. The minimum Gasteiger partial charge on any atom is -0.376 e. The van der Waals surface area contributed by atoms with Gasteiger partial charge in [0, 0.05) is 0 Å². The Kier molecular flexibility index (Phi) is 5.54. The largest absolute Gasteiger partial charge is 0.376 e. The van der Waals surface area contributed by atoms with Gasteiger partial charge in [-0.25, -0.2) is 4.39 Å². The summed E-state index contributed by atoms with van der Waals surface area (Å²) in [6.07, 6.45) is 0. The van der Waals surface area contributed by atoms with E-state index in [0.717, 1.165) is 5.56 Å². The van der Waals surface area contributed by atoms with E-state index in [1.807, 2.05) is 6.92 Å². The Balaban J connectivity index is 2.48. The summed E-state index contributed by atoms with van der Waals surface area (Å²) in [7, 11) is -3.74. The molecule has 4 nitrogen and oxygen atoms in total. The van der Waals surface area contributed by atoms with Crippen molar-refractivity contribution in [1.82, 2.24) is 0 Å². The van der Waals surface area contributed by atoms with Crippen LogP contribution in [0.4, 0.5) is 4.39 Å². The number of aryl methyl sites for hydroxylation is 1. The fourth-order valence-corrected chi connectivity index (χ4v) is 2.03. The summed E-state index contributed by atoms with van der Waals surface area (Å²) in [6, 6.07) is 6.34. The van der Waals surface area contributed by atoms with Gasteiger partial charge in [0.1, 0.15) is 6.67 Å². The second kappa shape index (κ2) is 6.68. The van der Waals surface area contributed by atoms with Crippen LogP contribution >= 0.6 is 0 Å². The molecule has 0 aliphatic heterocycles. The predicted octanol–water partition coefficient (Wildman–Crippen LogP) is 1.69. The number of rotatable bonds is 7. The van der Waals surface area contributed by atoms with E-state index in [9.17, 15) is 12.8 Å². The summed E-state index contributed by atoms with van der Waals surface area (Å²) in [5.74, 6) is 0. The summed E-state index contributed by atoms with van der Waals surface area (Å²) >= 11 is 0. The molecule has 0 N–H and O–H groups in total. The standard InChI is InChI=1S/C11H15FO4S/c1-10-2-4-11(5-3-10)17(13,14)16-9-8-15-7-6-12/h2-5H,6-9H2,1H3/i12-1. The lowest BCUT2D eigenvalue weighted by molar-refractivity contribution is 0.0914. The minimum atomic E-state index is -3.74. The third-order valence-electron chi connectivity index (χ3n) is 2.00. The average molecular weight is 261 g/mol. The Morgan fingerprint density at radius 3 is 2.35 bits per heavy atom. The molecule has 0 spiro atoms. The van der Waals surface area contributed by atoms with Gasteiger partial charge in [0.25, 0.3) is 10.1 Å².